The highest BCUT2D eigenvalue weighted by Crippen LogP contribution is 2.37. The smallest absolute Gasteiger partial charge is 0.210 e. The van der Waals surface area contributed by atoms with E-state index in [0.29, 0.717) is 63.2 Å². The molecular weight excluding hydrogens is 1170 g/mol. The Morgan fingerprint density at radius 2 is 0.519 bits per heavy atom. The highest BCUT2D eigenvalue weighted by atomic mass is 79.9. The molecule has 17 heteroatoms. The lowest BCUT2D eigenvalue weighted by Gasteiger charge is -2.13. The van der Waals surface area contributed by atoms with Crippen LogP contribution in [-0.2, 0) is 29.5 Å². The number of ether oxygens (including phenoxy) is 6. The van der Waals surface area contributed by atoms with Gasteiger partial charge in [-0.15, -0.1) is 0 Å². The fourth-order valence-corrected chi connectivity index (χ4v) is 12.2. The van der Waals surface area contributed by atoms with E-state index in [2.05, 4.69) is 31.9 Å². The SMILES string of the molecule is O=S(=O)(c1ccc(Oc2ccc(Br)cc2)cc1)c1ccc(Oc2ccc(Oc3ccccc3S(=O)(=O)c3ccc(Oc4cccc(Oc5ccc(S(=O)(=O)c6ccc(Oc7cccc(Br)c7)cc6)cc5)c4)cc3)cc2)cc1. The molecule has 10 aromatic carbocycles. The third-order valence-electron chi connectivity index (χ3n) is 11.5. The molecule has 0 unspecified atom stereocenters. The van der Waals surface area contributed by atoms with Gasteiger partial charge in [0.1, 0.15) is 73.9 Å². The number of hydrogen-bond acceptors (Lipinski definition) is 12. The molecule has 0 aliphatic rings. The lowest BCUT2D eigenvalue weighted by molar-refractivity contribution is 0.459. The Bertz CT molecular complexity index is 4050. The summed E-state index contributed by atoms with van der Waals surface area (Å²) in [5.41, 5.74) is 0. The van der Waals surface area contributed by atoms with Crippen LogP contribution in [0.1, 0.15) is 0 Å². The Morgan fingerprint density at radius 3 is 0.896 bits per heavy atom. The number of hydrogen-bond donors (Lipinski definition) is 0. The van der Waals surface area contributed by atoms with Gasteiger partial charge in [0.25, 0.3) is 0 Å². The molecule has 0 saturated heterocycles. The van der Waals surface area contributed by atoms with Crippen molar-refractivity contribution in [3.05, 3.63) is 252 Å². The van der Waals surface area contributed by atoms with E-state index in [0.717, 1.165) is 8.95 Å². The molecule has 0 spiro atoms. The first-order chi connectivity index (χ1) is 37.1. The van der Waals surface area contributed by atoms with Gasteiger partial charge >= 0.3 is 0 Å². The Balaban J connectivity index is 0.731. The average molecular weight is 1210 g/mol. The van der Waals surface area contributed by atoms with Crippen LogP contribution in [-0.4, -0.2) is 25.3 Å². The molecule has 0 aliphatic carbocycles. The highest BCUT2D eigenvalue weighted by molar-refractivity contribution is 9.10. The van der Waals surface area contributed by atoms with Crippen LogP contribution in [0, 0.1) is 0 Å². The standard InChI is InChI=1S/C60H40Br2O12S3/c61-41-11-13-43(14-12-41)69-45-19-29-54(30-20-45)75(63,64)55-31-21-46(22-32-55)70-44-15-17-50(18-16-44)74-59-9-1-2-10-60(59)77(67,68)58-37-27-49(28-38-58)73-53-8-4-7-52(40-53)72-48-25-35-57(36-26-48)76(65,66)56-33-23-47(24-34-56)71-51-6-3-5-42(62)39-51/h1-40H. The van der Waals surface area contributed by atoms with E-state index in [4.69, 9.17) is 28.4 Å². The molecule has 77 heavy (non-hydrogen) atoms. The summed E-state index contributed by atoms with van der Waals surface area (Å²) in [6.07, 6.45) is 0. The second-order valence-corrected chi connectivity index (χ2v) is 24.4. The van der Waals surface area contributed by atoms with Gasteiger partial charge in [-0.25, -0.2) is 25.3 Å². The Kier molecular flexibility index (Phi) is 15.3. The topological polar surface area (TPSA) is 158 Å². The van der Waals surface area contributed by atoms with Gasteiger partial charge in [0.15, 0.2) is 0 Å². The molecule has 0 atom stereocenters. The quantitative estimate of drug-likeness (QED) is 0.0802. The van der Waals surface area contributed by atoms with Gasteiger partial charge in [0.05, 0.1) is 24.5 Å². The van der Waals surface area contributed by atoms with Gasteiger partial charge < -0.3 is 28.4 Å². The summed E-state index contributed by atoms with van der Waals surface area (Å²) in [7, 11) is -11.7. The summed E-state index contributed by atoms with van der Waals surface area (Å²) in [5, 5.41) is 0. The van der Waals surface area contributed by atoms with Crippen molar-refractivity contribution in [3.8, 4) is 69.0 Å². The zero-order valence-corrected chi connectivity index (χ0v) is 45.6. The van der Waals surface area contributed by atoms with Crippen LogP contribution < -0.4 is 28.4 Å². The molecule has 0 aliphatic heterocycles. The predicted octanol–water partition coefficient (Wildman–Crippen LogP) is 16.5. The number of halogens is 2. The molecular formula is C60H40Br2O12S3. The maximum absolute atomic E-state index is 14.0. The van der Waals surface area contributed by atoms with Gasteiger partial charge in [-0.3, -0.25) is 0 Å². The lowest BCUT2D eigenvalue weighted by Crippen LogP contribution is -2.04. The summed E-state index contributed by atoms with van der Waals surface area (Å²) in [5.74, 6) is 5.07. The molecule has 10 rings (SSSR count). The van der Waals surface area contributed by atoms with Crippen molar-refractivity contribution in [2.24, 2.45) is 0 Å². The van der Waals surface area contributed by atoms with Crippen LogP contribution >= 0.6 is 31.9 Å². The minimum Gasteiger partial charge on any atom is -0.457 e. The minimum absolute atomic E-state index is 0.00808. The van der Waals surface area contributed by atoms with Gasteiger partial charge in [-0.2, -0.15) is 0 Å². The predicted molar refractivity (Wildman–Crippen MR) is 297 cm³/mol. The van der Waals surface area contributed by atoms with E-state index in [1.807, 2.05) is 30.3 Å². The molecule has 10 aromatic rings. The van der Waals surface area contributed by atoms with E-state index in [1.165, 1.54) is 78.9 Å². The van der Waals surface area contributed by atoms with Crippen molar-refractivity contribution < 1.29 is 53.7 Å². The van der Waals surface area contributed by atoms with Crippen LogP contribution in [0.2, 0.25) is 0 Å². The van der Waals surface area contributed by atoms with Crippen LogP contribution in [0.3, 0.4) is 0 Å². The summed E-state index contributed by atoms with van der Waals surface area (Å²) < 4.78 is 119. The molecule has 0 fully saturated rings. The van der Waals surface area contributed by atoms with Gasteiger partial charge in [-0.05, 0) is 212 Å². The third-order valence-corrected chi connectivity index (χ3v) is 17.9. The van der Waals surface area contributed by atoms with Crippen molar-refractivity contribution in [1.82, 2.24) is 0 Å². The maximum Gasteiger partial charge on any atom is 0.210 e. The molecule has 0 N–H and O–H groups in total. The van der Waals surface area contributed by atoms with Crippen molar-refractivity contribution in [1.29, 1.82) is 0 Å². The third kappa shape index (κ3) is 12.6. The number of para-hydroxylation sites is 1. The van der Waals surface area contributed by atoms with Crippen molar-refractivity contribution >= 4 is 61.4 Å². The first-order valence-electron chi connectivity index (χ1n) is 23.3. The molecule has 0 radical (unpaired) electrons. The Labute approximate surface area is 461 Å². The van der Waals surface area contributed by atoms with E-state index < -0.39 is 29.5 Å². The zero-order valence-electron chi connectivity index (χ0n) is 40.0. The fraction of sp³-hybridized carbons (Fsp3) is 0. The summed E-state index contributed by atoms with van der Waals surface area (Å²) in [4.78, 5) is 0.350. The molecule has 0 aromatic heterocycles. The molecule has 384 valence electrons. The largest absolute Gasteiger partial charge is 0.457 e. The Hall–Kier alpha value is -8.19. The zero-order chi connectivity index (χ0) is 53.6. The van der Waals surface area contributed by atoms with E-state index in [1.54, 1.807) is 133 Å². The lowest BCUT2D eigenvalue weighted by atomic mass is 10.3. The first kappa shape index (κ1) is 52.3. The summed E-state index contributed by atoms with van der Waals surface area (Å²) >= 11 is 6.80. The average Bonchev–Trinajstić information content (AvgIpc) is 3.46. The van der Waals surface area contributed by atoms with Crippen molar-refractivity contribution in [2.45, 2.75) is 29.4 Å². The van der Waals surface area contributed by atoms with Gasteiger partial charge in [-0.1, -0.05) is 56.1 Å². The van der Waals surface area contributed by atoms with Crippen molar-refractivity contribution in [2.75, 3.05) is 0 Å². The molecule has 0 amide bonds. The Morgan fingerprint density at radius 1 is 0.234 bits per heavy atom. The molecule has 12 nitrogen and oxygen atoms in total. The highest BCUT2D eigenvalue weighted by Gasteiger charge is 2.24. The normalized spacial score (nSPS) is 11.6. The van der Waals surface area contributed by atoms with E-state index in [9.17, 15) is 25.3 Å². The number of benzene rings is 10. The van der Waals surface area contributed by atoms with Crippen LogP contribution in [0.5, 0.6) is 69.0 Å². The second kappa shape index (κ2) is 22.6. The van der Waals surface area contributed by atoms with Gasteiger partial charge in [0, 0.05) is 15.0 Å². The second-order valence-electron chi connectivity index (χ2n) is 16.8. The number of sulfone groups is 3. The van der Waals surface area contributed by atoms with Crippen LogP contribution in [0.4, 0.5) is 0 Å². The maximum atomic E-state index is 14.0. The van der Waals surface area contributed by atoms with Crippen LogP contribution in [0.25, 0.3) is 0 Å². The monoisotopic (exact) mass is 1210 g/mol. The van der Waals surface area contributed by atoms with E-state index >= 15 is 0 Å². The fourth-order valence-electron chi connectivity index (χ4n) is 7.61. The van der Waals surface area contributed by atoms with Gasteiger partial charge in [0.2, 0.25) is 29.5 Å². The molecule has 0 bridgehead atoms. The summed E-state index contributed by atoms with van der Waals surface area (Å²) in [6.45, 7) is 0. The van der Waals surface area contributed by atoms with E-state index in [-0.39, 0.29) is 35.1 Å². The molecule has 0 saturated carbocycles. The molecule has 0 heterocycles. The summed E-state index contributed by atoms with van der Waals surface area (Å²) in [6, 6.07) is 64.7. The van der Waals surface area contributed by atoms with Crippen LogP contribution in [0.15, 0.2) is 281 Å². The number of rotatable bonds is 18. The first-order valence-corrected chi connectivity index (χ1v) is 29.3. The minimum atomic E-state index is -4.08. The van der Waals surface area contributed by atoms with Crippen molar-refractivity contribution in [3.63, 3.8) is 0 Å².